The molecule has 3 aromatic heterocycles. The lowest BCUT2D eigenvalue weighted by Crippen LogP contribution is -1.94. The number of benzene rings is 6. The maximum Gasteiger partial charge on any atom is 0.0542 e. The first-order valence-electron chi connectivity index (χ1n) is 15.5. The van der Waals surface area contributed by atoms with Gasteiger partial charge in [0.25, 0.3) is 0 Å². The molecule has 0 aliphatic carbocycles. The van der Waals surface area contributed by atoms with Crippen molar-refractivity contribution in [3.05, 3.63) is 146 Å². The molecule has 216 valence electrons. The number of thiophene rings is 1. The highest BCUT2D eigenvalue weighted by atomic mass is 32.1. The predicted octanol–water partition coefficient (Wildman–Crippen LogP) is 12.0. The van der Waals surface area contributed by atoms with Crippen LogP contribution in [0.25, 0.3) is 86.3 Å². The fourth-order valence-corrected chi connectivity index (χ4v) is 8.24. The second-order valence-corrected chi connectivity index (χ2v) is 12.8. The number of rotatable bonds is 4. The van der Waals surface area contributed by atoms with Gasteiger partial charge in [-0.1, -0.05) is 78.7 Å². The number of terminal acetylenes is 1. The first kappa shape index (κ1) is 26.6. The topological polar surface area (TPSA) is 9.86 Å². The van der Waals surface area contributed by atoms with Crippen LogP contribution in [0, 0.1) is 12.3 Å². The molecule has 0 saturated heterocycles. The summed E-state index contributed by atoms with van der Waals surface area (Å²) in [6, 6.07) is 46.6. The number of hydrogen-bond donors (Lipinski definition) is 0. The number of hydrogen-bond acceptors (Lipinski definition) is 1. The molecule has 2 nitrogen and oxygen atoms in total. The highest BCUT2D eigenvalue weighted by molar-refractivity contribution is 7.25. The maximum atomic E-state index is 5.74. The molecular weight excluding hydrogens is 577 g/mol. The van der Waals surface area contributed by atoms with Gasteiger partial charge in [0.2, 0.25) is 0 Å². The van der Waals surface area contributed by atoms with Crippen LogP contribution < -0.4 is 0 Å². The van der Waals surface area contributed by atoms with Crippen molar-refractivity contribution in [1.29, 1.82) is 0 Å². The first-order valence-corrected chi connectivity index (χ1v) is 16.3. The Bertz CT molecular complexity index is 2770. The van der Waals surface area contributed by atoms with E-state index in [9.17, 15) is 0 Å². The van der Waals surface area contributed by atoms with E-state index in [1.54, 1.807) is 0 Å². The third-order valence-electron chi connectivity index (χ3n) is 9.12. The third-order valence-corrected chi connectivity index (χ3v) is 10.3. The van der Waals surface area contributed by atoms with E-state index < -0.39 is 0 Å². The minimum Gasteiger partial charge on any atom is -0.309 e. The zero-order chi connectivity index (χ0) is 30.8. The Kier molecular flexibility index (Phi) is 6.00. The molecule has 0 atom stereocenters. The second-order valence-electron chi connectivity index (χ2n) is 11.7. The minimum atomic E-state index is 0.979. The summed E-state index contributed by atoms with van der Waals surface area (Å²) in [7, 11) is 0. The largest absolute Gasteiger partial charge is 0.309 e. The highest BCUT2D eigenvalue weighted by Crippen LogP contribution is 2.40. The molecule has 46 heavy (non-hydrogen) atoms. The van der Waals surface area contributed by atoms with Gasteiger partial charge in [0.05, 0.1) is 27.8 Å². The maximum absolute atomic E-state index is 5.74. The van der Waals surface area contributed by atoms with Gasteiger partial charge in [-0.05, 0) is 84.8 Å². The molecular formula is C43H28N2S. The number of allylic oxidation sites excluding steroid dienone is 4. The number of fused-ring (bicyclic) bond motifs is 9. The summed E-state index contributed by atoms with van der Waals surface area (Å²) in [5.41, 5.74) is 9.24. The Morgan fingerprint density at radius 3 is 1.93 bits per heavy atom. The van der Waals surface area contributed by atoms with Gasteiger partial charge in [-0.15, -0.1) is 17.8 Å². The van der Waals surface area contributed by atoms with Gasteiger partial charge in [-0.2, -0.15) is 0 Å². The van der Waals surface area contributed by atoms with Gasteiger partial charge in [0.1, 0.15) is 0 Å². The Morgan fingerprint density at radius 2 is 1.17 bits per heavy atom. The van der Waals surface area contributed by atoms with Crippen molar-refractivity contribution in [1.82, 2.24) is 9.13 Å². The molecule has 0 N–H and O–H groups in total. The molecule has 6 aromatic carbocycles. The summed E-state index contributed by atoms with van der Waals surface area (Å²) in [6.07, 6.45) is 11.7. The van der Waals surface area contributed by atoms with Crippen LogP contribution in [-0.2, 0) is 0 Å². The summed E-state index contributed by atoms with van der Waals surface area (Å²) >= 11 is 1.86. The van der Waals surface area contributed by atoms with E-state index in [0.29, 0.717) is 0 Å². The van der Waals surface area contributed by atoms with Crippen molar-refractivity contribution in [3.63, 3.8) is 0 Å². The highest BCUT2D eigenvalue weighted by Gasteiger charge is 2.17. The number of aromatic nitrogens is 2. The quantitative estimate of drug-likeness (QED) is 0.140. The monoisotopic (exact) mass is 604 g/mol. The smallest absolute Gasteiger partial charge is 0.0542 e. The fraction of sp³-hybridized carbons (Fsp3) is 0.0233. The van der Waals surface area contributed by atoms with Crippen LogP contribution in [0.3, 0.4) is 0 Å². The van der Waals surface area contributed by atoms with Crippen LogP contribution in [0.5, 0.6) is 0 Å². The van der Waals surface area contributed by atoms with Crippen LogP contribution in [0.2, 0.25) is 0 Å². The summed E-state index contributed by atoms with van der Waals surface area (Å²) in [6.45, 7) is 2.02. The van der Waals surface area contributed by atoms with E-state index in [4.69, 9.17) is 6.42 Å². The van der Waals surface area contributed by atoms with E-state index in [-0.39, 0.29) is 0 Å². The zero-order valence-corrected chi connectivity index (χ0v) is 26.1. The van der Waals surface area contributed by atoms with E-state index in [1.807, 2.05) is 30.4 Å². The van der Waals surface area contributed by atoms with Crippen molar-refractivity contribution in [2.75, 3.05) is 0 Å². The van der Waals surface area contributed by atoms with Gasteiger partial charge in [-0.25, -0.2) is 0 Å². The molecule has 9 aromatic rings. The van der Waals surface area contributed by atoms with Crippen LogP contribution in [0.1, 0.15) is 6.92 Å². The lowest BCUT2D eigenvalue weighted by atomic mass is 10.0. The molecule has 0 fully saturated rings. The zero-order valence-electron chi connectivity index (χ0n) is 25.2. The van der Waals surface area contributed by atoms with Crippen LogP contribution in [0.15, 0.2) is 146 Å². The predicted molar refractivity (Wildman–Crippen MR) is 200 cm³/mol. The summed E-state index contributed by atoms with van der Waals surface area (Å²) in [5.74, 6) is 2.73. The molecule has 0 aliphatic heterocycles. The SMILES string of the molecule is C#C/C=C(\C=C/C)n1c2ccccc2c2cc(-c3ccc4c(c3)c3ccccc3n4-c3ccc4sc5ccccc5c4c3)ccc21. The van der Waals surface area contributed by atoms with Gasteiger partial charge in [-0.3, -0.25) is 0 Å². The Labute approximate surface area is 270 Å². The third kappa shape index (κ3) is 3.91. The van der Waals surface area contributed by atoms with Gasteiger partial charge in [0, 0.05) is 53.5 Å². The van der Waals surface area contributed by atoms with E-state index in [1.165, 1.54) is 69.6 Å². The first-order chi connectivity index (χ1) is 22.7. The van der Waals surface area contributed by atoms with Crippen LogP contribution >= 0.6 is 11.3 Å². The fourth-order valence-electron chi connectivity index (χ4n) is 7.16. The van der Waals surface area contributed by atoms with E-state index in [0.717, 1.165) is 16.7 Å². The Hall–Kier alpha value is -5.82. The summed E-state index contributed by atoms with van der Waals surface area (Å²) in [5, 5.41) is 7.54. The van der Waals surface area contributed by atoms with Crippen molar-refractivity contribution < 1.29 is 0 Å². The Morgan fingerprint density at radius 1 is 0.587 bits per heavy atom. The summed E-state index contributed by atoms with van der Waals surface area (Å²) in [4.78, 5) is 0. The standard InChI is InChI=1S/C43H28N2S/c1-3-11-30(12-4-2)44-38-16-8-5-13-32(38)35-25-28(19-22-40(35)44)29-20-23-41-36(26-29)33-14-6-9-17-39(33)45(41)31-21-24-43-37(27-31)34-15-7-10-18-42(34)46-43/h1,4-27H,2H3/b12-4-,30-11+. The molecule has 0 saturated carbocycles. The number of nitrogens with zero attached hydrogens (tertiary/aromatic N) is 2. The molecule has 3 heterocycles. The normalized spacial score (nSPS) is 12.5. The minimum absolute atomic E-state index is 0.979. The van der Waals surface area contributed by atoms with E-state index >= 15 is 0 Å². The van der Waals surface area contributed by atoms with Gasteiger partial charge < -0.3 is 9.13 Å². The molecule has 3 heteroatoms. The molecule has 9 rings (SSSR count). The van der Waals surface area contributed by atoms with Crippen molar-refractivity contribution in [2.24, 2.45) is 0 Å². The average molecular weight is 605 g/mol. The molecule has 0 amide bonds. The van der Waals surface area contributed by atoms with Gasteiger partial charge in [0.15, 0.2) is 0 Å². The molecule has 0 radical (unpaired) electrons. The van der Waals surface area contributed by atoms with Crippen molar-refractivity contribution >= 4 is 80.8 Å². The summed E-state index contributed by atoms with van der Waals surface area (Å²) < 4.78 is 7.32. The van der Waals surface area contributed by atoms with Crippen LogP contribution in [-0.4, -0.2) is 9.13 Å². The van der Waals surface area contributed by atoms with Crippen LogP contribution in [0.4, 0.5) is 0 Å². The second kappa shape index (κ2) is 10.4. The molecule has 0 spiro atoms. The molecule has 0 unspecified atom stereocenters. The molecule has 0 aliphatic rings. The van der Waals surface area contributed by atoms with Crippen molar-refractivity contribution in [3.8, 4) is 29.2 Å². The van der Waals surface area contributed by atoms with Crippen molar-refractivity contribution in [2.45, 2.75) is 6.92 Å². The van der Waals surface area contributed by atoms with Gasteiger partial charge >= 0.3 is 0 Å². The Balaban J connectivity index is 1.24. The molecule has 0 bridgehead atoms. The number of para-hydroxylation sites is 2. The average Bonchev–Trinajstić information content (AvgIpc) is 3.75. The lowest BCUT2D eigenvalue weighted by Gasteiger charge is -2.10. The van der Waals surface area contributed by atoms with E-state index in [2.05, 4.69) is 149 Å². The lowest BCUT2D eigenvalue weighted by molar-refractivity contribution is 1.19.